The smallest absolute Gasteiger partial charge is 0.327 e. The summed E-state index contributed by atoms with van der Waals surface area (Å²) in [6, 6.07) is -0.146. The lowest BCUT2D eigenvalue weighted by Gasteiger charge is -2.25. The first-order valence-electron chi connectivity index (χ1n) is 5.43. The third-order valence-corrected chi connectivity index (χ3v) is 2.27. The summed E-state index contributed by atoms with van der Waals surface area (Å²) in [6.45, 7) is 3.62. The van der Waals surface area contributed by atoms with Crippen molar-refractivity contribution in [1.82, 2.24) is 4.90 Å². The molecule has 0 aliphatic heterocycles. The van der Waals surface area contributed by atoms with Crippen molar-refractivity contribution in [3.63, 3.8) is 0 Å². The van der Waals surface area contributed by atoms with Gasteiger partial charge in [-0.25, -0.2) is 0 Å². The monoisotopic (exact) mass is 226 g/mol. The van der Waals surface area contributed by atoms with E-state index in [9.17, 15) is 13.2 Å². The molecule has 0 bridgehead atoms. The standard InChI is InChI=1S/C10H21F3N2/c1-3-5-6-9(14)7-15(4-2)8-10(11,12)13/h9H,3-8,14H2,1-2H3. The van der Waals surface area contributed by atoms with Crippen LogP contribution in [0.5, 0.6) is 0 Å². The maximum Gasteiger partial charge on any atom is 0.401 e. The van der Waals surface area contributed by atoms with Gasteiger partial charge in [-0.3, -0.25) is 4.90 Å². The number of nitrogens with zero attached hydrogens (tertiary/aromatic N) is 1. The van der Waals surface area contributed by atoms with Crippen LogP contribution in [0.4, 0.5) is 13.2 Å². The lowest BCUT2D eigenvalue weighted by atomic mass is 10.1. The van der Waals surface area contributed by atoms with Gasteiger partial charge in [-0.15, -0.1) is 0 Å². The van der Waals surface area contributed by atoms with Crippen LogP contribution in [-0.4, -0.2) is 36.8 Å². The van der Waals surface area contributed by atoms with Gasteiger partial charge in [0.25, 0.3) is 0 Å². The highest BCUT2D eigenvalue weighted by Gasteiger charge is 2.30. The molecule has 0 radical (unpaired) electrons. The molecule has 0 fully saturated rings. The molecule has 0 aromatic heterocycles. The third kappa shape index (κ3) is 8.69. The first-order valence-corrected chi connectivity index (χ1v) is 5.43. The quantitative estimate of drug-likeness (QED) is 0.722. The van der Waals surface area contributed by atoms with Crippen LogP contribution in [0.15, 0.2) is 0 Å². The zero-order valence-electron chi connectivity index (χ0n) is 9.48. The highest BCUT2D eigenvalue weighted by molar-refractivity contribution is 4.70. The summed E-state index contributed by atoms with van der Waals surface area (Å²) in [5.41, 5.74) is 5.75. The second-order valence-corrected chi connectivity index (χ2v) is 3.85. The molecule has 2 N–H and O–H groups in total. The summed E-state index contributed by atoms with van der Waals surface area (Å²) < 4.78 is 36.3. The first-order chi connectivity index (χ1) is 6.89. The summed E-state index contributed by atoms with van der Waals surface area (Å²) in [7, 11) is 0. The van der Waals surface area contributed by atoms with E-state index in [1.807, 2.05) is 6.92 Å². The maximum absolute atomic E-state index is 12.1. The predicted molar refractivity (Wildman–Crippen MR) is 55.7 cm³/mol. The minimum absolute atomic E-state index is 0.146. The molecule has 0 aliphatic carbocycles. The average Bonchev–Trinajstić information content (AvgIpc) is 2.11. The van der Waals surface area contributed by atoms with Gasteiger partial charge >= 0.3 is 6.18 Å². The molecule has 5 heteroatoms. The lowest BCUT2D eigenvalue weighted by Crippen LogP contribution is -2.42. The van der Waals surface area contributed by atoms with Crippen LogP contribution in [-0.2, 0) is 0 Å². The average molecular weight is 226 g/mol. The molecule has 1 unspecified atom stereocenters. The Morgan fingerprint density at radius 3 is 2.27 bits per heavy atom. The molecular weight excluding hydrogens is 205 g/mol. The molecule has 0 spiro atoms. The fraction of sp³-hybridized carbons (Fsp3) is 1.00. The highest BCUT2D eigenvalue weighted by Crippen LogP contribution is 2.16. The molecule has 1 atom stereocenters. The molecule has 0 saturated carbocycles. The predicted octanol–water partition coefficient (Wildman–Crippen LogP) is 2.39. The van der Waals surface area contributed by atoms with E-state index in [-0.39, 0.29) is 6.04 Å². The zero-order chi connectivity index (χ0) is 11.9. The number of nitrogens with two attached hydrogens (primary N) is 1. The lowest BCUT2D eigenvalue weighted by molar-refractivity contribution is -0.145. The van der Waals surface area contributed by atoms with Crippen LogP contribution in [0, 0.1) is 0 Å². The van der Waals surface area contributed by atoms with Crippen molar-refractivity contribution in [2.45, 2.75) is 45.3 Å². The van der Waals surface area contributed by atoms with Crippen LogP contribution in [0.3, 0.4) is 0 Å². The van der Waals surface area contributed by atoms with Gasteiger partial charge in [-0.2, -0.15) is 13.2 Å². The van der Waals surface area contributed by atoms with Crippen LogP contribution >= 0.6 is 0 Å². The summed E-state index contributed by atoms with van der Waals surface area (Å²) in [5, 5.41) is 0. The summed E-state index contributed by atoms with van der Waals surface area (Å²) in [4.78, 5) is 1.35. The van der Waals surface area contributed by atoms with Gasteiger partial charge in [0.15, 0.2) is 0 Å². The highest BCUT2D eigenvalue weighted by atomic mass is 19.4. The molecule has 92 valence electrons. The van der Waals surface area contributed by atoms with Gasteiger partial charge in [-0.1, -0.05) is 26.7 Å². The zero-order valence-corrected chi connectivity index (χ0v) is 9.48. The molecule has 0 amide bonds. The number of halogens is 3. The van der Waals surface area contributed by atoms with Crippen LogP contribution < -0.4 is 5.73 Å². The van der Waals surface area contributed by atoms with Crippen molar-refractivity contribution in [1.29, 1.82) is 0 Å². The van der Waals surface area contributed by atoms with Gasteiger partial charge in [-0.05, 0) is 13.0 Å². The number of hydrogen-bond donors (Lipinski definition) is 1. The number of hydrogen-bond acceptors (Lipinski definition) is 2. The van der Waals surface area contributed by atoms with E-state index in [0.717, 1.165) is 19.3 Å². The Morgan fingerprint density at radius 1 is 1.27 bits per heavy atom. The Morgan fingerprint density at radius 2 is 1.87 bits per heavy atom. The van der Waals surface area contributed by atoms with Gasteiger partial charge in [0.1, 0.15) is 0 Å². The molecule has 0 saturated heterocycles. The Kier molecular flexibility index (Phi) is 6.92. The number of rotatable bonds is 7. The largest absolute Gasteiger partial charge is 0.401 e. The Labute approximate surface area is 89.6 Å². The fourth-order valence-electron chi connectivity index (χ4n) is 1.45. The number of likely N-dealkylation sites (N-methyl/N-ethyl adjacent to an activating group) is 1. The van der Waals surface area contributed by atoms with Crippen molar-refractivity contribution in [3.8, 4) is 0 Å². The molecular formula is C10H21F3N2. The van der Waals surface area contributed by atoms with Gasteiger partial charge < -0.3 is 5.73 Å². The van der Waals surface area contributed by atoms with Crippen molar-refractivity contribution in [2.24, 2.45) is 5.73 Å². The van der Waals surface area contributed by atoms with Crippen molar-refractivity contribution < 1.29 is 13.2 Å². The number of unbranched alkanes of at least 4 members (excludes halogenated alkanes) is 1. The molecule has 2 nitrogen and oxygen atoms in total. The van der Waals surface area contributed by atoms with E-state index in [1.165, 1.54) is 4.90 Å². The van der Waals surface area contributed by atoms with E-state index in [0.29, 0.717) is 13.1 Å². The normalized spacial score (nSPS) is 14.6. The van der Waals surface area contributed by atoms with Crippen LogP contribution in [0.2, 0.25) is 0 Å². The van der Waals surface area contributed by atoms with Gasteiger partial charge in [0, 0.05) is 12.6 Å². The fourth-order valence-corrected chi connectivity index (χ4v) is 1.45. The molecule has 0 aromatic rings. The van der Waals surface area contributed by atoms with Crippen molar-refractivity contribution >= 4 is 0 Å². The van der Waals surface area contributed by atoms with Crippen LogP contribution in [0.1, 0.15) is 33.1 Å². The first kappa shape index (κ1) is 14.7. The molecule has 0 aromatic carbocycles. The second-order valence-electron chi connectivity index (χ2n) is 3.85. The van der Waals surface area contributed by atoms with Crippen LogP contribution in [0.25, 0.3) is 0 Å². The minimum Gasteiger partial charge on any atom is -0.327 e. The maximum atomic E-state index is 12.1. The van der Waals surface area contributed by atoms with Crippen molar-refractivity contribution in [3.05, 3.63) is 0 Å². The Bertz CT molecular complexity index is 159. The SMILES string of the molecule is CCCCC(N)CN(CC)CC(F)(F)F. The van der Waals surface area contributed by atoms with Gasteiger partial charge in [0.2, 0.25) is 0 Å². The summed E-state index contributed by atoms with van der Waals surface area (Å²) in [6.07, 6.45) is -1.32. The topological polar surface area (TPSA) is 29.3 Å². The number of alkyl halides is 3. The van der Waals surface area contributed by atoms with Gasteiger partial charge in [0.05, 0.1) is 6.54 Å². The molecule has 0 heterocycles. The van der Waals surface area contributed by atoms with E-state index >= 15 is 0 Å². The second kappa shape index (κ2) is 7.06. The van der Waals surface area contributed by atoms with E-state index < -0.39 is 12.7 Å². The van der Waals surface area contributed by atoms with E-state index in [4.69, 9.17) is 5.73 Å². The van der Waals surface area contributed by atoms with E-state index in [2.05, 4.69) is 0 Å². The molecule has 0 aliphatic rings. The minimum atomic E-state index is -4.12. The van der Waals surface area contributed by atoms with Crippen molar-refractivity contribution in [2.75, 3.05) is 19.6 Å². The molecule has 15 heavy (non-hydrogen) atoms. The summed E-state index contributed by atoms with van der Waals surface area (Å²) in [5.74, 6) is 0. The third-order valence-electron chi connectivity index (χ3n) is 2.27. The van der Waals surface area contributed by atoms with E-state index in [1.54, 1.807) is 6.92 Å². The summed E-state index contributed by atoms with van der Waals surface area (Å²) >= 11 is 0. The Balaban J connectivity index is 3.87. The molecule has 0 rings (SSSR count). The Hall–Kier alpha value is -0.290.